The van der Waals surface area contributed by atoms with Crippen LogP contribution in [0.5, 0.6) is 0 Å². The van der Waals surface area contributed by atoms with E-state index in [0.29, 0.717) is 24.3 Å². The second-order valence-electron chi connectivity index (χ2n) is 8.06. The predicted molar refractivity (Wildman–Crippen MR) is 136 cm³/mol. The summed E-state index contributed by atoms with van der Waals surface area (Å²) in [6.07, 6.45) is 1.48. The number of amides is 2. The Balaban J connectivity index is 1.31. The van der Waals surface area contributed by atoms with Crippen molar-refractivity contribution in [2.45, 2.75) is 19.2 Å². The molecule has 0 saturated carbocycles. The van der Waals surface area contributed by atoms with Gasteiger partial charge in [0.1, 0.15) is 11.4 Å². The number of aryl methyl sites for hydroxylation is 2. The lowest BCUT2D eigenvalue weighted by atomic mass is 10.1. The van der Waals surface area contributed by atoms with E-state index in [0.717, 1.165) is 32.3 Å². The molecule has 2 aromatic heterocycles. The lowest BCUT2D eigenvalue weighted by Crippen LogP contribution is -2.42. The molecular formula is C25H23N5O2S2. The number of hydrogen-bond acceptors (Lipinski definition) is 7. The zero-order chi connectivity index (χ0) is 23.7. The summed E-state index contributed by atoms with van der Waals surface area (Å²) in [5.41, 5.74) is 4.29. The molecule has 0 bridgehead atoms. The minimum atomic E-state index is -0.303. The first-order valence-electron chi connectivity index (χ1n) is 11.0. The number of benzene rings is 2. The van der Waals surface area contributed by atoms with Gasteiger partial charge in [0.15, 0.2) is 0 Å². The second-order valence-corrected chi connectivity index (χ2v) is 10.5. The topological polar surface area (TPSA) is 88.1 Å². The molecule has 34 heavy (non-hydrogen) atoms. The smallest absolute Gasteiger partial charge is 0.274 e. The summed E-state index contributed by atoms with van der Waals surface area (Å²) >= 11 is 3.18. The molecule has 7 nitrogen and oxygen atoms in total. The highest BCUT2D eigenvalue weighted by Crippen LogP contribution is 2.33. The summed E-state index contributed by atoms with van der Waals surface area (Å²) in [4.78, 5) is 42.3. The number of nitrogens with zero attached hydrogens (tertiary/aromatic N) is 4. The Kier molecular flexibility index (Phi) is 6.30. The van der Waals surface area contributed by atoms with Gasteiger partial charge in [0.25, 0.3) is 11.8 Å². The van der Waals surface area contributed by atoms with Crippen molar-refractivity contribution >= 4 is 45.9 Å². The molecule has 0 aliphatic carbocycles. The Hall–Kier alpha value is -3.30. The standard InChI is InChI=1S/C25H23N5O2S2/c1-15-6-5-7-17(12-15)23-22(28-16(2)34-23)25(32)30-10-11-33-21(30)14-27-24(31)20-13-26-18-8-3-4-9-19(18)29-20/h3-9,12-13,21H,10-11,14H2,1-2H3,(H,27,31). The lowest BCUT2D eigenvalue weighted by molar-refractivity contribution is 0.0746. The fourth-order valence-electron chi connectivity index (χ4n) is 3.95. The van der Waals surface area contributed by atoms with Crippen molar-refractivity contribution in [1.82, 2.24) is 25.2 Å². The minimum Gasteiger partial charge on any atom is -0.348 e. The Morgan fingerprint density at radius 3 is 2.74 bits per heavy atom. The van der Waals surface area contributed by atoms with E-state index < -0.39 is 0 Å². The highest BCUT2D eigenvalue weighted by Gasteiger charge is 2.33. The zero-order valence-electron chi connectivity index (χ0n) is 18.8. The minimum absolute atomic E-state index is 0.101. The molecule has 2 aromatic carbocycles. The summed E-state index contributed by atoms with van der Waals surface area (Å²) in [5, 5.41) is 3.61. The largest absolute Gasteiger partial charge is 0.348 e. The van der Waals surface area contributed by atoms with Gasteiger partial charge in [0.05, 0.1) is 32.5 Å². The number of thioether (sulfide) groups is 1. The molecule has 172 valence electrons. The van der Waals surface area contributed by atoms with Crippen LogP contribution in [0.3, 0.4) is 0 Å². The van der Waals surface area contributed by atoms with Crippen molar-refractivity contribution in [1.29, 1.82) is 0 Å². The van der Waals surface area contributed by atoms with E-state index in [9.17, 15) is 9.59 Å². The van der Waals surface area contributed by atoms with E-state index in [1.54, 1.807) is 11.8 Å². The number of carbonyl (C=O) groups is 2. The first kappa shape index (κ1) is 22.5. The number of hydrogen-bond donors (Lipinski definition) is 1. The quantitative estimate of drug-likeness (QED) is 0.449. The maximum atomic E-state index is 13.5. The normalized spacial score (nSPS) is 15.6. The molecular weight excluding hydrogens is 466 g/mol. The molecule has 1 unspecified atom stereocenters. The van der Waals surface area contributed by atoms with Crippen LogP contribution in [0.15, 0.2) is 54.7 Å². The van der Waals surface area contributed by atoms with Crippen LogP contribution >= 0.6 is 23.1 Å². The third kappa shape index (κ3) is 4.53. The van der Waals surface area contributed by atoms with Gasteiger partial charge in [-0.1, -0.05) is 42.0 Å². The van der Waals surface area contributed by atoms with Gasteiger partial charge in [-0.2, -0.15) is 0 Å². The van der Waals surface area contributed by atoms with Gasteiger partial charge < -0.3 is 10.2 Å². The van der Waals surface area contributed by atoms with Crippen LogP contribution in [0.25, 0.3) is 21.5 Å². The molecule has 4 aromatic rings. The maximum absolute atomic E-state index is 13.5. The first-order valence-corrected chi connectivity index (χ1v) is 12.8. The number of nitrogens with one attached hydrogen (secondary N) is 1. The zero-order valence-corrected chi connectivity index (χ0v) is 20.4. The van der Waals surface area contributed by atoms with Gasteiger partial charge in [-0.3, -0.25) is 14.6 Å². The van der Waals surface area contributed by atoms with Crippen LogP contribution in [-0.4, -0.2) is 55.9 Å². The van der Waals surface area contributed by atoms with Gasteiger partial charge in [0, 0.05) is 18.8 Å². The summed E-state index contributed by atoms with van der Waals surface area (Å²) in [5.74, 6) is 0.406. The number of carbonyl (C=O) groups excluding carboxylic acids is 2. The van der Waals surface area contributed by atoms with E-state index in [2.05, 4.69) is 26.3 Å². The van der Waals surface area contributed by atoms with Crippen LogP contribution in [0, 0.1) is 13.8 Å². The van der Waals surface area contributed by atoms with Crippen molar-refractivity contribution in [3.63, 3.8) is 0 Å². The third-order valence-electron chi connectivity index (χ3n) is 5.59. The second kappa shape index (κ2) is 9.52. The fraction of sp³-hybridized carbons (Fsp3) is 0.240. The predicted octanol–water partition coefficient (Wildman–Crippen LogP) is 4.32. The van der Waals surface area contributed by atoms with Crippen molar-refractivity contribution < 1.29 is 9.59 Å². The molecule has 1 saturated heterocycles. The van der Waals surface area contributed by atoms with E-state index in [1.807, 2.05) is 61.2 Å². The SMILES string of the molecule is Cc1cccc(-c2sc(C)nc2C(=O)N2CCSC2CNC(=O)c2cnc3ccccc3n2)c1. The Morgan fingerprint density at radius 1 is 1.09 bits per heavy atom. The third-order valence-corrected chi connectivity index (χ3v) is 7.83. The summed E-state index contributed by atoms with van der Waals surface area (Å²) in [6, 6.07) is 15.5. The van der Waals surface area contributed by atoms with Gasteiger partial charge in [-0.25, -0.2) is 9.97 Å². The molecule has 3 heterocycles. The summed E-state index contributed by atoms with van der Waals surface area (Å²) in [6.45, 7) is 4.90. The van der Waals surface area contributed by atoms with E-state index in [1.165, 1.54) is 17.5 Å². The first-order chi connectivity index (χ1) is 16.5. The molecule has 5 rings (SSSR count). The Bertz CT molecular complexity index is 1390. The molecule has 1 N–H and O–H groups in total. The fourth-order valence-corrected chi connectivity index (χ4v) is 6.01. The van der Waals surface area contributed by atoms with Gasteiger partial charge in [-0.15, -0.1) is 23.1 Å². The molecule has 2 amide bonds. The molecule has 0 spiro atoms. The van der Waals surface area contributed by atoms with Crippen LogP contribution < -0.4 is 5.32 Å². The highest BCUT2D eigenvalue weighted by molar-refractivity contribution is 8.00. The highest BCUT2D eigenvalue weighted by atomic mass is 32.2. The Morgan fingerprint density at radius 2 is 1.91 bits per heavy atom. The monoisotopic (exact) mass is 489 g/mol. The number of rotatable bonds is 5. The molecule has 0 radical (unpaired) electrons. The van der Waals surface area contributed by atoms with E-state index in [4.69, 9.17) is 0 Å². The van der Waals surface area contributed by atoms with Crippen LogP contribution in [0.1, 0.15) is 31.5 Å². The molecule has 9 heteroatoms. The molecule has 1 aliphatic rings. The van der Waals surface area contributed by atoms with Crippen LogP contribution in [0.4, 0.5) is 0 Å². The van der Waals surface area contributed by atoms with Crippen LogP contribution in [0.2, 0.25) is 0 Å². The van der Waals surface area contributed by atoms with Gasteiger partial charge in [-0.05, 0) is 31.5 Å². The van der Waals surface area contributed by atoms with Crippen molar-refractivity contribution in [3.8, 4) is 10.4 Å². The number of fused-ring (bicyclic) bond motifs is 1. The van der Waals surface area contributed by atoms with Crippen molar-refractivity contribution in [2.75, 3.05) is 18.8 Å². The maximum Gasteiger partial charge on any atom is 0.274 e. The number of para-hydroxylation sites is 2. The summed E-state index contributed by atoms with van der Waals surface area (Å²) < 4.78 is 0. The van der Waals surface area contributed by atoms with Gasteiger partial charge in [0.2, 0.25) is 0 Å². The van der Waals surface area contributed by atoms with E-state index in [-0.39, 0.29) is 22.9 Å². The van der Waals surface area contributed by atoms with Crippen LogP contribution in [-0.2, 0) is 0 Å². The van der Waals surface area contributed by atoms with Crippen molar-refractivity contribution in [2.24, 2.45) is 0 Å². The lowest BCUT2D eigenvalue weighted by Gasteiger charge is -2.23. The molecule has 1 atom stereocenters. The number of thiazole rings is 1. The van der Waals surface area contributed by atoms with Gasteiger partial charge >= 0.3 is 0 Å². The van der Waals surface area contributed by atoms with E-state index >= 15 is 0 Å². The molecule has 1 fully saturated rings. The number of aromatic nitrogens is 3. The average Bonchev–Trinajstić information content (AvgIpc) is 3.48. The average molecular weight is 490 g/mol. The Labute approximate surface area is 205 Å². The van der Waals surface area contributed by atoms with Crippen molar-refractivity contribution in [3.05, 3.63) is 76.7 Å². The molecule has 1 aliphatic heterocycles. The summed E-state index contributed by atoms with van der Waals surface area (Å²) in [7, 11) is 0.